The molecule has 108 valence electrons. The Kier molecular flexibility index (Phi) is 3.74. The minimum atomic E-state index is -0.867. The summed E-state index contributed by atoms with van der Waals surface area (Å²) in [6.45, 7) is 0. The maximum atomic E-state index is 11.9. The van der Waals surface area contributed by atoms with Crippen molar-refractivity contribution in [2.45, 2.75) is 0 Å². The van der Waals surface area contributed by atoms with Gasteiger partial charge in [-0.25, -0.2) is 4.79 Å². The number of carbonyl (C=O) groups is 2. The molecule has 0 spiro atoms. The molecule has 1 aliphatic rings. The average Bonchev–Trinajstić information content (AvgIpc) is 2.85. The van der Waals surface area contributed by atoms with Gasteiger partial charge in [0, 0.05) is 29.9 Å². The largest absolute Gasteiger partial charge is 0.635 e. The second-order valence-electron chi connectivity index (χ2n) is 4.74. The Morgan fingerprint density at radius 1 is 1.23 bits per heavy atom. The van der Waals surface area contributed by atoms with Gasteiger partial charge in [0.2, 0.25) is 0 Å². The lowest BCUT2D eigenvalue weighted by molar-refractivity contribution is 0.0730. The highest BCUT2D eigenvalue weighted by molar-refractivity contribution is 6.68. The summed E-state index contributed by atoms with van der Waals surface area (Å²) >= 11 is 0. The molecule has 2 aromatic rings. The maximum absolute atomic E-state index is 11.9. The zero-order valence-electron chi connectivity index (χ0n) is 11.9. The third kappa shape index (κ3) is 2.51. The molecule has 1 aliphatic heterocycles. The van der Waals surface area contributed by atoms with Gasteiger partial charge in [0.15, 0.2) is 0 Å². The maximum Gasteiger partial charge on any atom is 0.635 e. The molecule has 0 radical (unpaired) electrons. The number of nitrogens with zero attached hydrogens (tertiary/aromatic N) is 1. The van der Waals surface area contributed by atoms with Gasteiger partial charge in [0.25, 0.3) is 0 Å². The molecule has 1 heterocycles. The summed E-state index contributed by atoms with van der Waals surface area (Å²) in [5, 5.41) is 0. The van der Waals surface area contributed by atoms with E-state index in [9.17, 15) is 9.59 Å². The van der Waals surface area contributed by atoms with Crippen LogP contribution in [-0.2, 0) is 4.65 Å². The van der Waals surface area contributed by atoms with Crippen LogP contribution in [0.4, 0.5) is 0 Å². The summed E-state index contributed by atoms with van der Waals surface area (Å²) in [6, 6.07) is 12.1. The number of rotatable bonds is 4. The number of hydrogen-bond acceptors (Lipinski definition) is 5. The highest BCUT2D eigenvalue weighted by Crippen LogP contribution is 2.20. The van der Waals surface area contributed by atoms with Crippen molar-refractivity contribution in [2.75, 3.05) is 7.05 Å². The molecule has 0 bridgehead atoms. The lowest BCUT2D eigenvalue weighted by Crippen LogP contribution is -2.36. The number of benzene rings is 2. The molecule has 0 aliphatic carbocycles. The van der Waals surface area contributed by atoms with E-state index < -0.39 is 13.1 Å². The van der Waals surface area contributed by atoms with Crippen LogP contribution in [0.3, 0.4) is 0 Å². The Hall–Kier alpha value is -2.89. The molecule has 0 unspecified atom stereocenters. The van der Waals surface area contributed by atoms with Crippen LogP contribution in [0.2, 0.25) is 0 Å². The number of aliphatic imine (C=N–C) groups is 1. The summed E-state index contributed by atoms with van der Waals surface area (Å²) in [6.07, 6.45) is 2.38. The van der Waals surface area contributed by atoms with Crippen molar-refractivity contribution in [1.29, 1.82) is 0 Å². The van der Waals surface area contributed by atoms with Crippen molar-refractivity contribution in [3.8, 4) is 5.75 Å². The molecule has 0 atom stereocenters. The molecule has 0 saturated carbocycles. The molecule has 0 fully saturated rings. The molecule has 0 aromatic heterocycles. The number of hydrogen-bond donors (Lipinski definition) is 0. The first kappa shape index (κ1) is 14.1. The van der Waals surface area contributed by atoms with Crippen LogP contribution in [0.25, 0.3) is 0 Å². The summed E-state index contributed by atoms with van der Waals surface area (Å²) in [7, 11) is 0.798. The molecular formula is C16H12BNO4. The fourth-order valence-electron chi connectivity index (χ4n) is 2.30. The van der Waals surface area contributed by atoms with Gasteiger partial charge in [-0.1, -0.05) is 18.2 Å². The molecule has 0 N–H and O–H groups in total. The molecule has 2 aromatic carbocycles. The summed E-state index contributed by atoms with van der Waals surface area (Å²) in [5.41, 5.74) is 2.21. The van der Waals surface area contributed by atoms with Gasteiger partial charge in [-0.05, 0) is 24.3 Å². The van der Waals surface area contributed by atoms with Crippen molar-refractivity contribution in [3.05, 3.63) is 59.2 Å². The van der Waals surface area contributed by atoms with Crippen LogP contribution in [-0.4, -0.2) is 32.6 Å². The third-order valence-electron chi connectivity index (χ3n) is 3.32. The zero-order chi connectivity index (χ0) is 15.5. The quantitative estimate of drug-likeness (QED) is 0.487. The normalized spacial score (nSPS) is 13.1. The van der Waals surface area contributed by atoms with E-state index in [1.807, 2.05) is 18.2 Å². The molecular weight excluding hydrogens is 281 g/mol. The number of carbonyl (C=O) groups excluding carboxylic acids is 2. The van der Waals surface area contributed by atoms with Crippen molar-refractivity contribution in [2.24, 2.45) is 4.99 Å². The lowest BCUT2D eigenvalue weighted by atomic mass is 9.78. The van der Waals surface area contributed by atoms with Gasteiger partial charge in [-0.2, -0.15) is 0 Å². The van der Waals surface area contributed by atoms with Crippen LogP contribution < -0.4 is 10.1 Å². The molecule has 5 nitrogen and oxygen atoms in total. The van der Waals surface area contributed by atoms with Gasteiger partial charge >= 0.3 is 13.1 Å². The summed E-state index contributed by atoms with van der Waals surface area (Å²) in [4.78, 5) is 26.7. The van der Waals surface area contributed by atoms with Gasteiger partial charge < -0.3 is 9.31 Å². The van der Waals surface area contributed by atoms with Gasteiger partial charge in [-0.15, -0.1) is 0 Å². The number of aldehydes is 1. The van der Waals surface area contributed by atoms with Gasteiger partial charge in [0.1, 0.15) is 12.0 Å². The van der Waals surface area contributed by atoms with Crippen molar-refractivity contribution in [1.82, 2.24) is 0 Å². The Labute approximate surface area is 127 Å². The Morgan fingerprint density at radius 3 is 2.82 bits per heavy atom. The summed E-state index contributed by atoms with van der Waals surface area (Å²) in [5.74, 6) is 0.0920. The first-order valence-electron chi connectivity index (χ1n) is 6.71. The second kappa shape index (κ2) is 5.85. The SMILES string of the molecule is C/N=C/c1ccccc1OB1OC(=O)c2ccc(C=O)cc21. The molecule has 3 rings (SSSR count). The second-order valence-corrected chi connectivity index (χ2v) is 4.74. The number of fused-ring (bicyclic) bond motifs is 1. The first-order valence-corrected chi connectivity index (χ1v) is 6.71. The van der Waals surface area contributed by atoms with Crippen LogP contribution in [0.15, 0.2) is 47.5 Å². The minimum absolute atomic E-state index is 0.414. The molecule has 22 heavy (non-hydrogen) atoms. The molecule has 6 heteroatoms. The highest BCUT2D eigenvalue weighted by Gasteiger charge is 2.40. The topological polar surface area (TPSA) is 65.0 Å². The number of para-hydroxylation sites is 1. The van der Waals surface area contributed by atoms with E-state index >= 15 is 0 Å². The third-order valence-corrected chi connectivity index (χ3v) is 3.32. The predicted molar refractivity (Wildman–Crippen MR) is 83.2 cm³/mol. The van der Waals surface area contributed by atoms with E-state index in [1.165, 1.54) is 0 Å². The molecule has 0 amide bonds. The van der Waals surface area contributed by atoms with E-state index in [-0.39, 0.29) is 0 Å². The average molecular weight is 293 g/mol. The lowest BCUT2D eigenvalue weighted by Gasteiger charge is -2.11. The summed E-state index contributed by atoms with van der Waals surface area (Å²) < 4.78 is 11.1. The van der Waals surface area contributed by atoms with E-state index in [4.69, 9.17) is 9.31 Å². The van der Waals surface area contributed by atoms with Crippen LogP contribution in [0.1, 0.15) is 26.3 Å². The van der Waals surface area contributed by atoms with E-state index in [0.717, 1.165) is 11.8 Å². The van der Waals surface area contributed by atoms with Crippen molar-refractivity contribution < 1.29 is 18.9 Å². The smallest absolute Gasteiger partial charge is 0.521 e. The Bertz CT molecular complexity index is 772. The van der Waals surface area contributed by atoms with E-state index in [0.29, 0.717) is 22.3 Å². The fraction of sp³-hybridized carbons (Fsp3) is 0.0625. The van der Waals surface area contributed by atoms with E-state index in [2.05, 4.69) is 4.99 Å². The first-order chi connectivity index (χ1) is 10.7. The zero-order valence-corrected chi connectivity index (χ0v) is 11.9. The van der Waals surface area contributed by atoms with Crippen molar-refractivity contribution in [3.63, 3.8) is 0 Å². The standard InChI is InChI=1S/C16H12BNO4/c1-18-9-12-4-2-3-5-15(12)21-17-14-8-11(10-19)6-7-13(14)16(20)22-17/h2-10H,1H3/b18-9+. The Balaban J connectivity index is 1.96. The Morgan fingerprint density at radius 2 is 2.05 bits per heavy atom. The van der Waals surface area contributed by atoms with Gasteiger partial charge in [-0.3, -0.25) is 9.79 Å². The van der Waals surface area contributed by atoms with E-state index in [1.54, 1.807) is 37.5 Å². The van der Waals surface area contributed by atoms with Gasteiger partial charge in [0.05, 0.1) is 5.56 Å². The highest BCUT2D eigenvalue weighted by atomic mass is 16.6. The molecule has 0 saturated heterocycles. The van der Waals surface area contributed by atoms with Crippen LogP contribution in [0, 0.1) is 0 Å². The minimum Gasteiger partial charge on any atom is -0.521 e. The predicted octanol–water partition coefficient (Wildman–Crippen LogP) is 1.49. The van der Waals surface area contributed by atoms with Crippen LogP contribution >= 0.6 is 0 Å². The van der Waals surface area contributed by atoms with Crippen LogP contribution in [0.5, 0.6) is 5.75 Å². The van der Waals surface area contributed by atoms with Crippen molar-refractivity contribution >= 4 is 31.1 Å². The monoisotopic (exact) mass is 293 g/mol. The fourth-order valence-corrected chi connectivity index (χ4v) is 2.30.